The third-order valence-electron chi connectivity index (χ3n) is 3.03. The van der Waals surface area contributed by atoms with Gasteiger partial charge in [-0.3, -0.25) is 0 Å². The molecule has 0 spiro atoms. The number of hydrogen-bond donors (Lipinski definition) is 0. The second kappa shape index (κ2) is 5.38. The molecular formula is C15H11BrClN3. The Morgan fingerprint density at radius 1 is 1.10 bits per heavy atom. The van der Waals surface area contributed by atoms with Crippen LogP contribution in [0.4, 0.5) is 0 Å². The van der Waals surface area contributed by atoms with Gasteiger partial charge in [0.15, 0.2) is 5.82 Å². The smallest absolute Gasteiger partial charge is 0.155 e. The van der Waals surface area contributed by atoms with Gasteiger partial charge in [0.2, 0.25) is 0 Å². The summed E-state index contributed by atoms with van der Waals surface area (Å²) in [5.74, 6) is 0.698. The lowest BCUT2D eigenvalue weighted by atomic mass is 10.1. The molecule has 3 rings (SSSR count). The van der Waals surface area contributed by atoms with Crippen LogP contribution in [0.25, 0.3) is 17.1 Å². The third kappa shape index (κ3) is 2.37. The molecule has 3 nitrogen and oxygen atoms in total. The molecule has 0 atom stereocenters. The van der Waals surface area contributed by atoms with Crippen LogP contribution in [0.2, 0.25) is 5.15 Å². The lowest BCUT2D eigenvalue weighted by Gasteiger charge is -2.01. The molecule has 0 radical (unpaired) electrons. The van der Waals surface area contributed by atoms with Crippen LogP contribution in [-0.4, -0.2) is 14.8 Å². The number of nitrogens with zero attached hydrogens (tertiary/aromatic N) is 3. The number of pyridine rings is 1. The first-order valence-electron chi connectivity index (χ1n) is 6.09. The van der Waals surface area contributed by atoms with E-state index in [1.54, 1.807) is 10.9 Å². The number of halogens is 2. The van der Waals surface area contributed by atoms with Crippen molar-refractivity contribution in [3.63, 3.8) is 0 Å². The van der Waals surface area contributed by atoms with E-state index in [4.69, 9.17) is 11.6 Å². The van der Waals surface area contributed by atoms with E-state index in [1.807, 2.05) is 49.4 Å². The van der Waals surface area contributed by atoms with E-state index in [0.717, 1.165) is 21.3 Å². The van der Waals surface area contributed by atoms with E-state index >= 15 is 0 Å². The fourth-order valence-corrected chi connectivity index (χ4v) is 2.44. The lowest BCUT2D eigenvalue weighted by Crippen LogP contribution is -1.99. The van der Waals surface area contributed by atoms with Crippen molar-refractivity contribution in [2.45, 2.75) is 6.92 Å². The Hall–Kier alpha value is -1.65. The highest BCUT2D eigenvalue weighted by molar-refractivity contribution is 9.10. The van der Waals surface area contributed by atoms with E-state index in [9.17, 15) is 0 Å². The standard InChI is InChI=1S/C15H11BrClN3/c1-10-14(11-5-3-2-4-6-11)19-20(15(10)17)13-8-7-12(16)9-18-13/h2-9H,1H3. The molecule has 2 heterocycles. The van der Waals surface area contributed by atoms with Gasteiger partial charge in [0.1, 0.15) is 5.15 Å². The van der Waals surface area contributed by atoms with Crippen LogP contribution in [0.5, 0.6) is 0 Å². The Kier molecular flexibility index (Phi) is 3.59. The van der Waals surface area contributed by atoms with Crippen LogP contribution in [0.15, 0.2) is 53.1 Å². The van der Waals surface area contributed by atoms with Crippen LogP contribution in [0, 0.1) is 6.92 Å². The van der Waals surface area contributed by atoms with Crippen molar-refractivity contribution >= 4 is 27.5 Å². The minimum atomic E-state index is 0.582. The van der Waals surface area contributed by atoms with Gasteiger partial charge in [0.25, 0.3) is 0 Å². The van der Waals surface area contributed by atoms with Gasteiger partial charge in [-0.15, -0.1) is 0 Å². The minimum absolute atomic E-state index is 0.582. The Balaban J connectivity index is 2.13. The fourth-order valence-electron chi connectivity index (χ4n) is 1.99. The maximum atomic E-state index is 6.39. The van der Waals surface area contributed by atoms with Crippen LogP contribution < -0.4 is 0 Å². The first-order chi connectivity index (χ1) is 9.66. The molecule has 0 N–H and O–H groups in total. The third-order valence-corrected chi connectivity index (χ3v) is 3.94. The monoisotopic (exact) mass is 347 g/mol. The van der Waals surface area contributed by atoms with Crippen molar-refractivity contribution < 1.29 is 0 Å². The largest absolute Gasteiger partial charge is 0.236 e. The molecule has 0 bridgehead atoms. The van der Waals surface area contributed by atoms with Gasteiger partial charge in [-0.2, -0.15) is 5.10 Å². The Morgan fingerprint density at radius 2 is 1.85 bits per heavy atom. The highest BCUT2D eigenvalue weighted by Crippen LogP contribution is 2.29. The van der Waals surface area contributed by atoms with Gasteiger partial charge >= 0.3 is 0 Å². The summed E-state index contributed by atoms with van der Waals surface area (Å²) in [6.07, 6.45) is 1.73. The zero-order chi connectivity index (χ0) is 14.1. The molecule has 0 aliphatic carbocycles. The molecule has 0 fully saturated rings. The first kappa shape index (κ1) is 13.3. The quantitative estimate of drug-likeness (QED) is 0.674. The molecule has 0 amide bonds. The minimum Gasteiger partial charge on any atom is -0.236 e. The topological polar surface area (TPSA) is 30.7 Å². The van der Waals surface area contributed by atoms with E-state index in [2.05, 4.69) is 26.0 Å². The number of hydrogen-bond acceptors (Lipinski definition) is 2. The summed E-state index contributed by atoms with van der Waals surface area (Å²) in [4.78, 5) is 4.33. The summed E-state index contributed by atoms with van der Waals surface area (Å²) in [5, 5.41) is 5.17. The summed E-state index contributed by atoms with van der Waals surface area (Å²) >= 11 is 9.75. The molecule has 0 saturated heterocycles. The van der Waals surface area contributed by atoms with E-state index < -0.39 is 0 Å². The molecular weight excluding hydrogens is 338 g/mol. The summed E-state index contributed by atoms with van der Waals surface area (Å²) in [6.45, 7) is 1.97. The van der Waals surface area contributed by atoms with Crippen LogP contribution in [0.3, 0.4) is 0 Å². The van der Waals surface area contributed by atoms with Gasteiger partial charge in [-0.05, 0) is 35.0 Å². The van der Waals surface area contributed by atoms with Crippen molar-refractivity contribution in [3.05, 3.63) is 63.9 Å². The highest BCUT2D eigenvalue weighted by Gasteiger charge is 2.15. The molecule has 5 heteroatoms. The highest BCUT2D eigenvalue weighted by atomic mass is 79.9. The van der Waals surface area contributed by atoms with Crippen LogP contribution in [0.1, 0.15) is 5.56 Å². The molecule has 100 valence electrons. The number of rotatable bonds is 2. The van der Waals surface area contributed by atoms with Crippen LogP contribution in [-0.2, 0) is 0 Å². The maximum absolute atomic E-state index is 6.39. The summed E-state index contributed by atoms with van der Waals surface area (Å²) in [6, 6.07) is 13.8. The second-order valence-electron chi connectivity index (χ2n) is 4.38. The summed E-state index contributed by atoms with van der Waals surface area (Å²) in [7, 11) is 0. The van der Waals surface area contributed by atoms with Crippen molar-refractivity contribution in [2.24, 2.45) is 0 Å². The van der Waals surface area contributed by atoms with Crippen molar-refractivity contribution in [1.82, 2.24) is 14.8 Å². The van der Waals surface area contributed by atoms with E-state index in [1.165, 1.54) is 0 Å². The predicted molar refractivity (Wildman–Crippen MR) is 84.2 cm³/mol. The molecule has 0 unspecified atom stereocenters. The Bertz CT molecular complexity index is 736. The average Bonchev–Trinajstić information content (AvgIpc) is 2.77. The van der Waals surface area contributed by atoms with Gasteiger partial charge < -0.3 is 0 Å². The number of benzene rings is 1. The average molecular weight is 349 g/mol. The van der Waals surface area contributed by atoms with Gasteiger partial charge in [-0.25, -0.2) is 9.67 Å². The molecule has 0 saturated carbocycles. The second-order valence-corrected chi connectivity index (χ2v) is 5.65. The SMILES string of the molecule is Cc1c(-c2ccccc2)nn(-c2ccc(Br)cn2)c1Cl. The van der Waals surface area contributed by atoms with E-state index in [0.29, 0.717) is 11.0 Å². The maximum Gasteiger partial charge on any atom is 0.155 e. The Labute approximate surface area is 130 Å². The van der Waals surface area contributed by atoms with Crippen molar-refractivity contribution in [3.8, 4) is 17.1 Å². The van der Waals surface area contributed by atoms with E-state index in [-0.39, 0.29) is 0 Å². The zero-order valence-electron chi connectivity index (χ0n) is 10.7. The van der Waals surface area contributed by atoms with Gasteiger partial charge in [0, 0.05) is 21.8 Å². The molecule has 1 aromatic carbocycles. The van der Waals surface area contributed by atoms with Gasteiger partial charge in [0.05, 0.1) is 5.69 Å². The zero-order valence-corrected chi connectivity index (χ0v) is 13.1. The fraction of sp³-hybridized carbons (Fsp3) is 0.0667. The normalized spacial score (nSPS) is 10.8. The van der Waals surface area contributed by atoms with Crippen LogP contribution >= 0.6 is 27.5 Å². The summed E-state index contributed by atoms with van der Waals surface area (Å²) < 4.78 is 2.58. The molecule has 20 heavy (non-hydrogen) atoms. The Morgan fingerprint density at radius 3 is 2.50 bits per heavy atom. The lowest BCUT2D eigenvalue weighted by molar-refractivity contribution is 0.850. The first-order valence-corrected chi connectivity index (χ1v) is 7.26. The van der Waals surface area contributed by atoms with Crippen molar-refractivity contribution in [2.75, 3.05) is 0 Å². The summed E-state index contributed by atoms with van der Waals surface area (Å²) in [5.41, 5.74) is 2.87. The predicted octanol–water partition coefficient (Wildman–Crippen LogP) is 4.66. The molecule has 3 aromatic rings. The van der Waals surface area contributed by atoms with Crippen molar-refractivity contribution in [1.29, 1.82) is 0 Å². The number of aromatic nitrogens is 3. The molecule has 2 aromatic heterocycles. The van der Waals surface area contributed by atoms with Gasteiger partial charge in [-0.1, -0.05) is 41.9 Å². The molecule has 0 aliphatic rings. The molecule has 0 aliphatic heterocycles.